The predicted molar refractivity (Wildman–Crippen MR) is 99.2 cm³/mol. The minimum atomic E-state index is 0.556. The van der Waals surface area contributed by atoms with Gasteiger partial charge >= 0.3 is 0 Å². The normalized spacial score (nSPS) is 12.8. The van der Waals surface area contributed by atoms with Gasteiger partial charge in [-0.05, 0) is 42.2 Å². The summed E-state index contributed by atoms with van der Waals surface area (Å²) in [6.07, 6.45) is 11.7. The van der Waals surface area contributed by atoms with Gasteiger partial charge in [-0.1, -0.05) is 43.9 Å². The average Bonchev–Trinajstić information content (AvgIpc) is 2.58. The molecule has 3 heteroatoms. The van der Waals surface area contributed by atoms with E-state index in [0.29, 0.717) is 12.0 Å². The Hall–Kier alpha value is -2.81. The number of carbonyl (C=O) groups is 1. The van der Waals surface area contributed by atoms with Crippen molar-refractivity contribution >= 4 is 24.4 Å². The van der Waals surface area contributed by atoms with Crippen LogP contribution < -0.4 is 0 Å². The average molecular weight is 306 g/mol. The molecule has 0 aromatic heterocycles. The summed E-state index contributed by atoms with van der Waals surface area (Å²) in [6, 6.07) is 7.34. The van der Waals surface area contributed by atoms with Crippen LogP contribution in [-0.2, 0) is 4.79 Å². The molecule has 1 N–H and O–H groups in total. The van der Waals surface area contributed by atoms with Gasteiger partial charge in [0.1, 0.15) is 6.29 Å². The molecule has 118 valence electrons. The molecule has 0 unspecified atom stereocenters. The summed E-state index contributed by atoms with van der Waals surface area (Å²) in [5, 5.41) is 7.30. The van der Waals surface area contributed by atoms with Crippen molar-refractivity contribution in [1.82, 2.24) is 0 Å². The van der Waals surface area contributed by atoms with Gasteiger partial charge in [-0.2, -0.15) is 0 Å². The highest BCUT2D eigenvalue weighted by Crippen LogP contribution is 2.16. The molecule has 0 aliphatic heterocycles. The fourth-order valence-corrected chi connectivity index (χ4v) is 2.07. The van der Waals surface area contributed by atoms with Gasteiger partial charge in [-0.15, -0.1) is 0 Å². The predicted octanol–water partition coefficient (Wildman–Crippen LogP) is 4.76. The van der Waals surface area contributed by atoms with E-state index in [1.807, 2.05) is 43.3 Å². The molecule has 0 heterocycles. The third kappa shape index (κ3) is 5.83. The van der Waals surface area contributed by atoms with Gasteiger partial charge in [0.2, 0.25) is 0 Å². The molecule has 0 bridgehead atoms. The Morgan fingerprint density at radius 1 is 1.39 bits per heavy atom. The third-order valence-corrected chi connectivity index (χ3v) is 3.31. The summed E-state index contributed by atoms with van der Waals surface area (Å²) in [7, 11) is 0. The van der Waals surface area contributed by atoms with E-state index in [2.05, 4.69) is 18.5 Å². The standard InChI is InChI=1S/C20H22N2O/c1-4-18(5-2)16(3)8-7-12-22-20(11-13-23)19-10-6-9-17(14-19)15-21/h4,6-15,21H,3,5H2,1-2H3/b8-7-,18-4+,20-11-,21-15?,22-12+. The fraction of sp³-hybridized carbons (Fsp3) is 0.150. The first-order valence-corrected chi connectivity index (χ1v) is 7.47. The van der Waals surface area contributed by atoms with E-state index in [9.17, 15) is 4.79 Å². The Bertz CT molecular complexity index is 691. The van der Waals surface area contributed by atoms with Crippen LogP contribution in [0.5, 0.6) is 0 Å². The Morgan fingerprint density at radius 2 is 2.17 bits per heavy atom. The van der Waals surface area contributed by atoms with Crippen LogP contribution in [0, 0.1) is 5.41 Å². The molecule has 0 radical (unpaired) electrons. The highest BCUT2D eigenvalue weighted by molar-refractivity contribution is 5.88. The summed E-state index contributed by atoms with van der Waals surface area (Å²) < 4.78 is 0. The van der Waals surface area contributed by atoms with Gasteiger partial charge < -0.3 is 5.41 Å². The van der Waals surface area contributed by atoms with Crippen LogP contribution in [0.25, 0.3) is 5.70 Å². The molecule has 0 spiro atoms. The summed E-state index contributed by atoms with van der Waals surface area (Å²) >= 11 is 0. The number of hydrogen-bond donors (Lipinski definition) is 1. The highest BCUT2D eigenvalue weighted by Gasteiger charge is 1.99. The number of benzene rings is 1. The van der Waals surface area contributed by atoms with Crippen molar-refractivity contribution in [2.24, 2.45) is 4.99 Å². The van der Waals surface area contributed by atoms with Crippen LogP contribution in [-0.4, -0.2) is 18.7 Å². The molecule has 0 atom stereocenters. The first-order valence-electron chi connectivity index (χ1n) is 7.47. The third-order valence-electron chi connectivity index (χ3n) is 3.31. The van der Waals surface area contributed by atoms with E-state index in [-0.39, 0.29) is 0 Å². The molecule has 1 aromatic carbocycles. The molecule has 0 amide bonds. The van der Waals surface area contributed by atoms with Crippen molar-refractivity contribution in [3.63, 3.8) is 0 Å². The molecule has 0 saturated heterocycles. The molecular formula is C20H22N2O. The molecule has 1 rings (SSSR count). The van der Waals surface area contributed by atoms with E-state index >= 15 is 0 Å². The fourth-order valence-electron chi connectivity index (χ4n) is 2.07. The van der Waals surface area contributed by atoms with E-state index in [1.165, 1.54) is 17.9 Å². The quantitative estimate of drug-likeness (QED) is 0.320. The van der Waals surface area contributed by atoms with Gasteiger partial charge in [0.25, 0.3) is 0 Å². The van der Waals surface area contributed by atoms with Gasteiger partial charge in [-0.3, -0.25) is 9.79 Å². The second kappa shape index (κ2) is 10.0. The lowest BCUT2D eigenvalue weighted by Gasteiger charge is -2.02. The monoisotopic (exact) mass is 306 g/mol. The first kappa shape index (κ1) is 18.2. The number of rotatable bonds is 8. The number of nitrogens with one attached hydrogen (secondary N) is 1. The Labute approximate surface area is 138 Å². The summed E-state index contributed by atoms with van der Waals surface area (Å²) in [4.78, 5) is 15.1. The minimum absolute atomic E-state index is 0.556. The van der Waals surface area contributed by atoms with Gasteiger partial charge in [-0.25, -0.2) is 0 Å². The maximum atomic E-state index is 10.8. The van der Waals surface area contributed by atoms with E-state index < -0.39 is 0 Å². The zero-order valence-corrected chi connectivity index (χ0v) is 13.6. The second-order valence-corrected chi connectivity index (χ2v) is 4.79. The molecule has 0 aliphatic carbocycles. The van der Waals surface area contributed by atoms with Crippen LogP contribution in [0.1, 0.15) is 31.4 Å². The van der Waals surface area contributed by atoms with Crippen LogP contribution in [0.4, 0.5) is 0 Å². The van der Waals surface area contributed by atoms with Crippen molar-refractivity contribution in [2.75, 3.05) is 0 Å². The smallest absolute Gasteiger partial charge is 0.145 e. The zero-order valence-electron chi connectivity index (χ0n) is 13.6. The van der Waals surface area contributed by atoms with Crippen LogP contribution in [0.2, 0.25) is 0 Å². The Balaban J connectivity index is 2.92. The van der Waals surface area contributed by atoms with Crippen molar-refractivity contribution in [1.29, 1.82) is 5.41 Å². The lowest BCUT2D eigenvalue weighted by molar-refractivity contribution is -0.104. The summed E-state index contributed by atoms with van der Waals surface area (Å²) in [6.45, 7) is 8.10. The van der Waals surface area contributed by atoms with Crippen molar-refractivity contribution in [3.05, 3.63) is 77.4 Å². The van der Waals surface area contributed by atoms with Crippen molar-refractivity contribution < 1.29 is 4.79 Å². The first-order chi connectivity index (χ1) is 11.2. The summed E-state index contributed by atoms with van der Waals surface area (Å²) in [5.41, 5.74) is 4.26. The van der Waals surface area contributed by atoms with Gasteiger partial charge in [0.15, 0.2) is 0 Å². The molecule has 3 nitrogen and oxygen atoms in total. The maximum Gasteiger partial charge on any atom is 0.145 e. The number of nitrogens with zero attached hydrogens (tertiary/aromatic N) is 1. The van der Waals surface area contributed by atoms with E-state index in [0.717, 1.165) is 23.1 Å². The largest absolute Gasteiger partial charge is 0.308 e. The molecule has 0 fully saturated rings. The Kier molecular flexibility index (Phi) is 7.94. The molecule has 23 heavy (non-hydrogen) atoms. The molecule has 0 saturated carbocycles. The van der Waals surface area contributed by atoms with E-state index in [4.69, 9.17) is 5.41 Å². The number of aldehydes is 1. The zero-order chi connectivity index (χ0) is 17.1. The molecule has 0 aliphatic rings. The van der Waals surface area contributed by atoms with Gasteiger partial charge in [0.05, 0.1) is 5.70 Å². The Morgan fingerprint density at radius 3 is 2.78 bits per heavy atom. The molecular weight excluding hydrogens is 284 g/mol. The topological polar surface area (TPSA) is 53.3 Å². The number of hydrogen-bond acceptors (Lipinski definition) is 3. The van der Waals surface area contributed by atoms with Gasteiger partial charge in [0, 0.05) is 24.1 Å². The number of aliphatic imine (C=N–C) groups is 1. The van der Waals surface area contributed by atoms with Crippen LogP contribution in [0.3, 0.4) is 0 Å². The highest BCUT2D eigenvalue weighted by atomic mass is 16.1. The van der Waals surface area contributed by atoms with Crippen molar-refractivity contribution in [3.8, 4) is 0 Å². The lowest BCUT2D eigenvalue weighted by atomic mass is 10.1. The maximum absolute atomic E-state index is 10.8. The number of carbonyl (C=O) groups excluding carboxylic acids is 1. The molecule has 1 aromatic rings. The number of allylic oxidation sites excluding steroid dienone is 6. The van der Waals surface area contributed by atoms with E-state index in [1.54, 1.807) is 12.3 Å². The second-order valence-electron chi connectivity index (χ2n) is 4.79. The van der Waals surface area contributed by atoms with Crippen molar-refractivity contribution in [2.45, 2.75) is 20.3 Å². The SMILES string of the molecule is C=C(\C=C/C=N/C(=C\C=O)c1cccc(C=N)c1)/C(=C/C)CC. The van der Waals surface area contributed by atoms with Crippen LogP contribution in [0.15, 0.2) is 71.3 Å². The van der Waals surface area contributed by atoms with Crippen LogP contribution >= 0.6 is 0 Å². The summed E-state index contributed by atoms with van der Waals surface area (Å²) in [5.74, 6) is 0. The minimum Gasteiger partial charge on any atom is -0.308 e. The lowest BCUT2D eigenvalue weighted by Crippen LogP contribution is -1.87.